The maximum absolute atomic E-state index is 11.7. The van der Waals surface area contributed by atoms with Gasteiger partial charge in [0.15, 0.2) is 0 Å². The van der Waals surface area contributed by atoms with E-state index in [1.807, 2.05) is 13.8 Å². The number of hydrogen-bond acceptors (Lipinski definition) is 3. The summed E-state index contributed by atoms with van der Waals surface area (Å²) in [6.45, 7) is 4.48. The average Bonchev–Trinajstić information content (AvgIpc) is 2.56. The summed E-state index contributed by atoms with van der Waals surface area (Å²) < 4.78 is 23.7. The maximum Gasteiger partial charge on any atom is 0.267 e. The van der Waals surface area contributed by atoms with Gasteiger partial charge in [-0.1, -0.05) is 13.8 Å². The van der Waals surface area contributed by atoms with Crippen LogP contribution in [0.3, 0.4) is 0 Å². The minimum absolute atomic E-state index is 0.0728. The molecule has 0 aliphatic rings. The molecule has 1 heterocycles. The smallest absolute Gasteiger partial charge is 0.267 e. The summed E-state index contributed by atoms with van der Waals surface area (Å²) in [6.07, 6.45) is 1.31. The maximum atomic E-state index is 11.7. The fourth-order valence-corrected chi connectivity index (χ4v) is 2.07. The molecule has 5 nitrogen and oxygen atoms in total. The second kappa shape index (κ2) is 5.10. The van der Waals surface area contributed by atoms with Crippen LogP contribution in [0.2, 0.25) is 0 Å². The quantitative estimate of drug-likeness (QED) is 0.845. The molecule has 0 saturated carbocycles. The Morgan fingerprint density at radius 2 is 2.12 bits per heavy atom. The first-order valence-corrected chi connectivity index (χ1v) is 7.42. The highest BCUT2D eigenvalue weighted by molar-refractivity contribution is 8.13. The molecule has 1 aromatic rings. The van der Waals surface area contributed by atoms with Crippen molar-refractivity contribution in [2.24, 2.45) is 13.0 Å². The molecule has 0 atom stereocenters. The Morgan fingerprint density at radius 3 is 2.53 bits per heavy atom. The third-order valence-corrected chi connectivity index (χ3v) is 3.49. The first kappa shape index (κ1) is 14.1. The van der Waals surface area contributed by atoms with Gasteiger partial charge in [-0.05, 0) is 12.0 Å². The Bertz CT molecular complexity index is 520. The lowest BCUT2D eigenvalue weighted by Crippen LogP contribution is -2.28. The van der Waals surface area contributed by atoms with Crippen LogP contribution >= 0.6 is 10.7 Å². The second-order valence-corrected chi connectivity index (χ2v) is 6.78. The number of aryl methyl sites for hydroxylation is 1. The molecule has 0 spiro atoms. The highest BCUT2D eigenvalue weighted by Gasteiger charge is 2.18. The van der Waals surface area contributed by atoms with Crippen LogP contribution in [0.4, 0.5) is 0 Å². The van der Waals surface area contributed by atoms with Gasteiger partial charge in [-0.2, -0.15) is 0 Å². The van der Waals surface area contributed by atoms with Crippen LogP contribution < -0.4 is 5.32 Å². The van der Waals surface area contributed by atoms with E-state index in [0.29, 0.717) is 12.5 Å². The summed E-state index contributed by atoms with van der Waals surface area (Å²) in [5, 5.41) is 2.71. The van der Waals surface area contributed by atoms with Gasteiger partial charge >= 0.3 is 0 Å². The summed E-state index contributed by atoms with van der Waals surface area (Å²) in [6, 6.07) is 1.26. The molecule has 96 valence electrons. The van der Waals surface area contributed by atoms with Crippen molar-refractivity contribution in [2.75, 3.05) is 6.54 Å². The lowest BCUT2D eigenvalue weighted by Gasteiger charge is -2.07. The first-order chi connectivity index (χ1) is 7.71. The zero-order valence-electron chi connectivity index (χ0n) is 9.90. The SMILES string of the molecule is CC(C)CNC(=O)c1cc(S(=O)(=O)Cl)cn1C. The Morgan fingerprint density at radius 1 is 1.53 bits per heavy atom. The van der Waals surface area contributed by atoms with Crippen LogP contribution in [0.25, 0.3) is 0 Å². The number of aromatic nitrogens is 1. The van der Waals surface area contributed by atoms with E-state index in [2.05, 4.69) is 5.32 Å². The third-order valence-electron chi connectivity index (χ3n) is 2.16. The van der Waals surface area contributed by atoms with Gasteiger partial charge in [0.1, 0.15) is 10.6 Å². The number of carbonyl (C=O) groups excluding carboxylic acids is 1. The van der Waals surface area contributed by atoms with Gasteiger partial charge in [-0.3, -0.25) is 4.79 Å². The van der Waals surface area contributed by atoms with Crippen LogP contribution in [-0.4, -0.2) is 25.4 Å². The summed E-state index contributed by atoms with van der Waals surface area (Å²) in [5.41, 5.74) is 0.268. The Labute approximate surface area is 105 Å². The Kier molecular flexibility index (Phi) is 4.21. The number of hydrogen-bond donors (Lipinski definition) is 1. The number of halogens is 1. The fraction of sp³-hybridized carbons (Fsp3) is 0.500. The molecule has 17 heavy (non-hydrogen) atoms. The predicted octanol–water partition coefficient (Wildman–Crippen LogP) is 1.34. The van der Waals surface area contributed by atoms with E-state index in [-0.39, 0.29) is 16.5 Å². The van der Waals surface area contributed by atoms with Gasteiger partial charge in [0.2, 0.25) is 0 Å². The molecule has 0 aliphatic carbocycles. The van der Waals surface area contributed by atoms with E-state index < -0.39 is 9.05 Å². The molecule has 1 rings (SSSR count). The molecule has 0 unspecified atom stereocenters. The Hall–Kier alpha value is -1.01. The van der Waals surface area contributed by atoms with Gasteiger partial charge < -0.3 is 9.88 Å². The van der Waals surface area contributed by atoms with E-state index in [9.17, 15) is 13.2 Å². The fourth-order valence-electron chi connectivity index (χ4n) is 1.28. The van der Waals surface area contributed by atoms with E-state index >= 15 is 0 Å². The van der Waals surface area contributed by atoms with Crippen molar-refractivity contribution in [1.29, 1.82) is 0 Å². The van der Waals surface area contributed by atoms with E-state index in [4.69, 9.17) is 10.7 Å². The minimum Gasteiger partial charge on any atom is -0.351 e. The molecule has 0 saturated heterocycles. The molecule has 0 aliphatic heterocycles. The number of nitrogens with one attached hydrogen (secondary N) is 1. The molecular formula is C10H15ClN2O3S. The van der Waals surface area contributed by atoms with Crippen molar-refractivity contribution >= 4 is 25.6 Å². The van der Waals surface area contributed by atoms with Crippen molar-refractivity contribution in [2.45, 2.75) is 18.7 Å². The van der Waals surface area contributed by atoms with Gasteiger partial charge in [-0.25, -0.2) is 8.42 Å². The van der Waals surface area contributed by atoms with Crippen LogP contribution in [0.1, 0.15) is 24.3 Å². The number of carbonyl (C=O) groups is 1. The molecule has 0 bridgehead atoms. The van der Waals surface area contributed by atoms with E-state index in [0.717, 1.165) is 0 Å². The lowest BCUT2D eigenvalue weighted by atomic mass is 10.2. The van der Waals surface area contributed by atoms with Crippen LogP contribution in [-0.2, 0) is 16.1 Å². The standard InChI is InChI=1S/C10H15ClN2O3S/c1-7(2)5-12-10(14)9-4-8(6-13(9)3)17(11,15)16/h4,6-7H,5H2,1-3H3,(H,12,14). The van der Waals surface area contributed by atoms with Gasteiger partial charge in [-0.15, -0.1) is 0 Å². The van der Waals surface area contributed by atoms with Crippen molar-refractivity contribution in [3.05, 3.63) is 18.0 Å². The summed E-state index contributed by atoms with van der Waals surface area (Å²) in [4.78, 5) is 11.7. The molecule has 1 amide bonds. The molecule has 1 aromatic heterocycles. The zero-order chi connectivity index (χ0) is 13.2. The second-order valence-electron chi connectivity index (χ2n) is 4.21. The molecule has 0 fully saturated rings. The molecule has 1 N–H and O–H groups in total. The highest BCUT2D eigenvalue weighted by atomic mass is 35.7. The van der Waals surface area contributed by atoms with E-state index in [1.165, 1.54) is 16.8 Å². The van der Waals surface area contributed by atoms with Crippen LogP contribution in [0, 0.1) is 5.92 Å². The van der Waals surface area contributed by atoms with Crippen LogP contribution in [0.5, 0.6) is 0 Å². The van der Waals surface area contributed by atoms with Crippen molar-refractivity contribution in [1.82, 2.24) is 9.88 Å². The predicted molar refractivity (Wildman–Crippen MR) is 65.6 cm³/mol. The van der Waals surface area contributed by atoms with Gasteiger partial charge in [0, 0.05) is 30.5 Å². The molecule has 0 aromatic carbocycles. The summed E-state index contributed by atoms with van der Waals surface area (Å²) in [7, 11) is 3.00. The normalized spacial score (nSPS) is 11.8. The number of rotatable bonds is 4. The summed E-state index contributed by atoms with van der Waals surface area (Å²) >= 11 is 0. The van der Waals surface area contributed by atoms with Crippen LogP contribution in [0.15, 0.2) is 17.2 Å². The minimum atomic E-state index is -3.80. The topological polar surface area (TPSA) is 68.2 Å². The molecular weight excluding hydrogens is 264 g/mol. The Balaban J connectivity index is 2.92. The largest absolute Gasteiger partial charge is 0.351 e. The molecule has 7 heteroatoms. The zero-order valence-corrected chi connectivity index (χ0v) is 11.5. The van der Waals surface area contributed by atoms with Crippen molar-refractivity contribution in [3.63, 3.8) is 0 Å². The van der Waals surface area contributed by atoms with Gasteiger partial charge in [0.05, 0.1) is 0 Å². The number of amides is 1. The molecule has 0 radical (unpaired) electrons. The number of nitrogens with zero attached hydrogens (tertiary/aromatic N) is 1. The first-order valence-electron chi connectivity index (χ1n) is 5.11. The third kappa shape index (κ3) is 3.74. The van der Waals surface area contributed by atoms with Crippen molar-refractivity contribution in [3.8, 4) is 0 Å². The highest BCUT2D eigenvalue weighted by Crippen LogP contribution is 2.17. The lowest BCUT2D eigenvalue weighted by molar-refractivity contribution is 0.0941. The van der Waals surface area contributed by atoms with E-state index in [1.54, 1.807) is 7.05 Å². The monoisotopic (exact) mass is 278 g/mol. The van der Waals surface area contributed by atoms with Gasteiger partial charge in [0.25, 0.3) is 15.0 Å². The average molecular weight is 279 g/mol. The van der Waals surface area contributed by atoms with Crippen molar-refractivity contribution < 1.29 is 13.2 Å². The summed E-state index contributed by atoms with van der Waals surface area (Å²) in [5.74, 6) is 0.0169.